The van der Waals surface area contributed by atoms with Gasteiger partial charge in [0.2, 0.25) is 0 Å². The van der Waals surface area contributed by atoms with Crippen molar-refractivity contribution in [2.75, 3.05) is 52.4 Å². The summed E-state index contributed by atoms with van der Waals surface area (Å²) in [6.07, 6.45) is 11.3. The Morgan fingerprint density at radius 2 is 1.53 bits per heavy atom. The summed E-state index contributed by atoms with van der Waals surface area (Å²) in [4.78, 5) is 20.3. The van der Waals surface area contributed by atoms with E-state index in [0.29, 0.717) is 6.04 Å². The summed E-state index contributed by atoms with van der Waals surface area (Å²) in [5.41, 5.74) is 0.792. The average Bonchev–Trinajstić information content (AvgIpc) is 3.47. The van der Waals surface area contributed by atoms with Crippen molar-refractivity contribution in [3.63, 3.8) is 0 Å². The van der Waals surface area contributed by atoms with Crippen LogP contribution in [0.5, 0.6) is 5.75 Å². The Balaban J connectivity index is 1.19. The number of piperidine rings is 1. The monoisotopic (exact) mass is 413 g/mol. The highest BCUT2D eigenvalue weighted by Crippen LogP contribution is 2.23. The molecule has 0 saturated carbocycles. The van der Waals surface area contributed by atoms with Gasteiger partial charge in [-0.3, -0.25) is 4.79 Å². The van der Waals surface area contributed by atoms with Gasteiger partial charge >= 0.3 is 0 Å². The van der Waals surface area contributed by atoms with E-state index in [-0.39, 0.29) is 5.91 Å². The van der Waals surface area contributed by atoms with E-state index in [1.807, 2.05) is 24.3 Å². The van der Waals surface area contributed by atoms with E-state index in [0.717, 1.165) is 50.3 Å². The second kappa shape index (κ2) is 11.1. The molecule has 3 heterocycles. The Hall–Kier alpha value is -1.59. The molecule has 5 heteroatoms. The number of carbonyl (C=O) groups excluding carboxylic acids is 1. The van der Waals surface area contributed by atoms with Gasteiger partial charge in [-0.05, 0) is 108 Å². The number of likely N-dealkylation sites (tertiary alicyclic amines) is 3. The highest BCUT2D eigenvalue weighted by atomic mass is 16.5. The Morgan fingerprint density at radius 1 is 0.833 bits per heavy atom. The SMILES string of the molecule is O=C(c1ccc(OCCCCN2CCCCC2)cc1)N1CCC[C@H]1CN1CCCC1. The van der Waals surface area contributed by atoms with Crippen LogP contribution in [0.15, 0.2) is 24.3 Å². The van der Waals surface area contributed by atoms with Crippen LogP contribution in [0, 0.1) is 0 Å². The summed E-state index contributed by atoms with van der Waals surface area (Å²) in [6, 6.07) is 8.19. The summed E-state index contributed by atoms with van der Waals surface area (Å²) >= 11 is 0. The van der Waals surface area contributed by atoms with Crippen LogP contribution in [0.4, 0.5) is 0 Å². The van der Waals surface area contributed by atoms with E-state index < -0.39 is 0 Å². The molecule has 0 N–H and O–H groups in total. The van der Waals surface area contributed by atoms with Gasteiger partial charge in [-0.25, -0.2) is 0 Å². The quantitative estimate of drug-likeness (QED) is 0.573. The van der Waals surface area contributed by atoms with Crippen molar-refractivity contribution in [1.82, 2.24) is 14.7 Å². The molecule has 3 aliphatic heterocycles. The maximum Gasteiger partial charge on any atom is 0.254 e. The van der Waals surface area contributed by atoms with Crippen molar-refractivity contribution in [3.05, 3.63) is 29.8 Å². The van der Waals surface area contributed by atoms with Gasteiger partial charge in [-0.1, -0.05) is 6.42 Å². The van der Waals surface area contributed by atoms with E-state index in [1.165, 1.54) is 71.2 Å². The van der Waals surface area contributed by atoms with Gasteiger partial charge in [0.15, 0.2) is 0 Å². The van der Waals surface area contributed by atoms with Crippen LogP contribution in [0.1, 0.15) is 68.1 Å². The van der Waals surface area contributed by atoms with Crippen molar-refractivity contribution < 1.29 is 9.53 Å². The normalized spacial score (nSPS) is 23.2. The molecule has 5 nitrogen and oxygen atoms in total. The Bertz CT molecular complexity index is 651. The predicted octanol–water partition coefficient (Wildman–Crippen LogP) is 4.03. The number of carbonyl (C=O) groups is 1. The number of ether oxygens (including phenoxy) is 1. The number of amides is 1. The van der Waals surface area contributed by atoms with Crippen molar-refractivity contribution >= 4 is 5.91 Å². The third-order valence-electron chi connectivity index (χ3n) is 6.99. The molecule has 1 aromatic rings. The molecule has 3 fully saturated rings. The first-order valence-electron chi connectivity index (χ1n) is 12.3. The zero-order chi connectivity index (χ0) is 20.6. The zero-order valence-electron chi connectivity index (χ0n) is 18.6. The molecule has 1 amide bonds. The summed E-state index contributed by atoms with van der Waals surface area (Å²) in [6.45, 7) is 8.83. The largest absolute Gasteiger partial charge is 0.494 e. The Morgan fingerprint density at radius 3 is 2.30 bits per heavy atom. The van der Waals surface area contributed by atoms with E-state index in [2.05, 4.69) is 14.7 Å². The average molecular weight is 414 g/mol. The van der Waals surface area contributed by atoms with Gasteiger partial charge in [-0.2, -0.15) is 0 Å². The van der Waals surface area contributed by atoms with Gasteiger partial charge in [-0.15, -0.1) is 0 Å². The third-order valence-corrected chi connectivity index (χ3v) is 6.99. The lowest BCUT2D eigenvalue weighted by atomic mass is 10.1. The fourth-order valence-electron chi connectivity index (χ4n) is 5.23. The number of hydrogen-bond donors (Lipinski definition) is 0. The zero-order valence-corrected chi connectivity index (χ0v) is 18.6. The molecule has 0 spiro atoms. The van der Waals surface area contributed by atoms with Gasteiger partial charge in [0.05, 0.1) is 6.61 Å². The number of rotatable bonds is 9. The molecule has 0 radical (unpaired) electrons. The predicted molar refractivity (Wildman–Crippen MR) is 121 cm³/mol. The molecule has 1 aromatic carbocycles. The van der Waals surface area contributed by atoms with Crippen LogP contribution < -0.4 is 4.74 Å². The minimum absolute atomic E-state index is 0.185. The van der Waals surface area contributed by atoms with Gasteiger partial charge in [0.1, 0.15) is 5.75 Å². The lowest BCUT2D eigenvalue weighted by Gasteiger charge is -2.28. The van der Waals surface area contributed by atoms with Crippen molar-refractivity contribution in [3.8, 4) is 5.75 Å². The van der Waals surface area contributed by atoms with Crippen LogP contribution in [-0.2, 0) is 0 Å². The smallest absolute Gasteiger partial charge is 0.254 e. The highest BCUT2D eigenvalue weighted by molar-refractivity contribution is 5.94. The standard InChI is InChI=1S/C25H39N3O2/c29-25(28-19-8-9-23(28)21-27-17-4-5-18-27)22-10-12-24(13-11-22)30-20-7-6-16-26-14-2-1-3-15-26/h10-13,23H,1-9,14-21H2/t23-/m0/s1. The van der Waals surface area contributed by atoms with Crippen molar-refractivity contribution in [2.45, 2.75) is 63.8 Å². The summed E-state index contributed by atoms with van der Waals surface area (Å²) in [5, 5.41) is 0. The van der Waals surface area contributed by atoms with E-state index >= 15 is 0 Å². The lowest BCUT2D eigenvalue weighted by Crippen LogP contribution is -2.42. The molecule has 1 atom stereocenters. The number of nitrogens with zero attached hydrogens (tertiary/aromatic N) is 3. The topological polar surface area (TPSA) is 36.0 Å². The first-order chi connectivity index (χ1) is 14.8. The molecular weight excluding hydrogens is 374 g/mol. The van der Waals surface area contributed by atoms with E-state index in [9.17, 15) is 4.79 Å². The summed E-state index contributed by atoms with van der Waals surface area (Å²) in [5.74, 6) is 1.06. The molecule has 30 heavy (non-hydrogen) atoms. The van der Waals surface area contributed by atoms with Gasteiger partial charge in [0, 0.05) is 24.7 Å². The fourth-order valence-corrected chi connectivity index (χ4v) is 5.23. The van der Waals surface area contributed by atoms with Crippen LogP contribution in [0.3, 0.4) is 0 Å². The molecule has 3 aliphatic rings. The second-order valence-corrected chi connectivity index (χ2v) is 9.28. The molecule has 0 aromatic heterocycles. The van der Waals surface area contributed by atoms with Crippen LogP contribution >= 0.6 is 0 Å². The molecular formula is C25H39N3O2. The molecule has 0 unspecified atom stereocenters. The molecule has 3 saturated heterocycles. The molecule has 0 bridgehead atoms. The molecule has 4 rings (SSSR count). The lowest BCUT2D eigenvalue weighted by molar-refractivity contribution is 0.0708. The minimum Gasteiger partial charge on any atom is -0.494 e. The highest BCUT2D eigenvalue weighted by Gasteiger charge is 2.31. The number of hydrogen-bond acceptors (Lipinski definition) is 4. The maximum absolute atomic E-state index is 13.1. The van der Waals surface area contributed by atoms with E-state index in [4.69, 9.17) is 4.74 Å². The third kappa shape index (κ3) is 5.98. The first-order valence-corrected chi connectivity index (χ1v) is 12.3. The summed E-state index contributed by atoms with van der Waals surface area (Å²) in [7, 11) is 0. The summed E-state index contributed by atoms with van der Waals surface area (Å²) < 4.78 is 5.92. The van der Waals surface area contributed by atoms with E-state index in [1.54, 1.807) is 0 Å². The first kappa shape index (κ1) is 21.6. The second-order valence-electron chi connectivity index (χ2n) is 9.28. The fraction of sp³-hybridized carbons (Fsp3) is 0.720. The number of unbranched alkanes of at least 4 members (excludes halogenated alkanes) is 1. The molecule has 166 valence electrons. The van der Waals surface area contributed by atoms with Crippen molar-refractivity contribution in [2.24, 2.45) is 0 Å². The van der Waals surface area contributed by atoms with Crippen molar-refractivity contribution in [1.29, 1.82) is 0 Å². The van der Waals surface area contributed by atoms with Gasteiger partial charge < -0.3 is 19.4 Å². The van der Waals surface area contributed by atoms with Crippen LogP contribution in [0.2, 0.25) is 0 Å². The van der Waals surface area contributed by atoms with Gasteiger partial charge in [0.25, 0.3) is 5.91 Å². The molecule has 0 aliphatic carbocycles. The van der Waals surface area contributed by atoms with Crippen LogP contribution in [0.25, 0.3) is 0 Å². The minimum atomic E-state index is 0.185. The van der Waals surface area contributed by atoms with Crippen LogP contribution in [-0.4, -0.2) is 79.1 Å². The Labute approximate surface area is 182 Å². The number of benzene rings is 1. The Kier molecular flexibility index (Phi) is 8.04. The maximum atomic E-state index is 13.1.